The summed E-state index contributed by atoms with van der Waals surface area (Å²) in [7, 11) is 1.49. The highest BCUT2D eigenvalue weighted by Gasteiger charge is 2.02. The van der Waals surface area contributed by atoms with Crippen molar-refractivity contribution in [1.82, 2.24) is 4.98 Å². The van der Waals surface area contributed by atoms with Gasteiger partial charge in [-0.25, -0.2) is 4.98 Å². The molecule has 0 bridgehead atoms. The SMILES string of the molecule is COCC(=O)Nc1ccc(NCc2csc(C)n2)cc1. The van der Waals surface area contributed by atoms with Crippen LogP contribution in [0.1, 0.15) is 10.7 Å². The van der Waals surface area contributed by atoms with Gasteiger partial charge in [0.05, 0.1) is 17.2 Å². The molecule has 2 aromatic rings. The Morgan fingerprint density at radius 3 is 2.60 bits per heavy atom. The van der Waals surface area contributed by atoms with Gasteiger partial charge in [-0.3, -0.25) is 4.79 Å². The average molecular weight is 291 g/mol. The second-order valence-electron chi connectivity index (χ2n) is 4.27. The van der Waals surface area contributed by atoms with Crippen molar-refractivity contribution in [3.05, 3.63) is 40.3 Å². The largest absolute Gasteiger partial charge is 0.379 e. The Morgan fingerprint density at radius 1 is 1.30 bits per heavy atom. The molecule has 0 aliphatic heterocycles. The Bertz CT molecular complexity index is 566. The predicted molar refractivity (Wildman–Crippen MR) is 81.1 cm³/mol. The third-order valence-electron chi connectivity index (χ3n) is 2.58. The van der Waals surface area contributed by atoms with Crippen molar-refractivity contribution in [2.75, 3.05) is 24.4 Å². The molecule has 106 valence electrons. The lowest BCUT2D eigenvalue weighted by atomic mass is 10.2. The maximum atomic E-state index is 11.4. The van der Waals surface area contributed by atoms with Crippen LogP contribution in [0.25, 0.3) is 0 Å². The number of thiazole rings is 1. The zero-order chi connectivity index (χ0) is 14.4. The van der Waals surface area contributed by atoms with Crippen LogP contribution in [0.4, 0.5) is 11.4 Å². The number of benzene rings is 1. The number of hydrogen-bond donors (Lipinski definition) is 2. The minimum absolute atomic E-state index is 0.0587. The van der Waals surface area contributed by atoms with Gasteiger partial charge in [-0.1, -0.05) is 0 Å². The van der Waals surface area contributed by atoms with Crippen molar-refractivity contribution < 1.29 is 9.53 Å². The van der Waals surface area contributed by atoms with E-state index in [9.17, 15) is 4.79 Å². The van der Waals surface area contributed by atoms with E-state index in [4.69, 9.17) is 4.74 Å². The molecule has 1 aromatic carbocycles. The summed E-state index contributed by atoms with van der Waals surface area (Å²) in [6.45, 7) is 2.74. The molecule has 0 saturated carbocycles. The summed E-state index contributed by atoms with van der Waals surface area (Å²) >= 11 is 1.64. The van der Waals surface area contributed by atoms with Crippen LogP contribution < -0.4 is 10.6 Å². The summed E-state index contributed by atoms with van der Waals surface area (Å²) in [4.78, 5) is 15.7. The first-order chi connectivity index (χ1) is 9.67. The quantitative estimate of drug-likeness (QED) is 0.859. The Hall–Kier alpha value is -1.92. The van der Waals surface area contributed by atoms with Crippen LogP contribution in [-0.2, 0) is 16.1 Å². The van der Waals surface area contributed by atoms with Gasteiger partial charge in [0.15, 0.2) is 0 Å². The molecular weight excluding hydrogens is 274 g/mol. The second kappa shape index (κ2) is 7.02. The maximum Gasteiger partial charge on any atom is 0.250 e. The van der Waals surface area contributed by atoms with Crippen LogP contribution in [0, 0.1) is 6.92 Å². The molecular formula is C14H17N3O2S. The van der Waals surface area contributed by atoms with Gasteiger partial charge in [0.2, 0.25) is 5.91 Å². The molecule has 0 fully saturated rings. The minimum Gasteiger partial charge on any atom is -0.379 e. The van der Waals surface area contributed by atoms with E-state index in [-0.39, 0.29) is 12.5 Å². The molecule has 0 aliphatic rings. The Morgan fingerprint density at radius 2 is 2.00 bits per heavy atom. The van der Waals surface area contributed by atoms with Crippen LogP contribution in [0.15, 0.2) is 29.6 Å². The first-order valence-corrected chi connectivity index (χ1v) is 7.09. The lowest BCUT2D eigenvalue weighted by Gasteiger charge is -2.07. The predicted octanol–water partition coefficient (Wildman–Crippen LogP) is 2.65. The van der Waals surface area contributed by atoms with Gasteiger partial charge in [-0.05, 0) is 31.2 Å². The number of amides is 1. The van der Waals surface area contributed by atoms with Crippen molar-refractivity contribution in [3.8, 4) is 0 Å². The molecule has 0 saturated heterocycles. The Kier molecular flexibility index (Phi) is 5.09. The normalized spacial score (nSPS) is 10.3. The van der Waals surface area contributed by atoms with E-state index in [1.165, 1.54) is 7.11 Å². The summed E-state index contributed by atoms with van der Waals surface area (Å²) in [5.41, 5.74) is 2.77. The van der Waals surface area contributed by atoms with E-state index in [2.05, 4.69) is 15.6 Å². The second-order valence-corrected chi connectivity index (χ2v) is 5.33. The van der Waals surface area contributed by atoms with Crippen LogP contribution >= 0.6 is 11.3 Å². The summed E-state index contributed by atoms with van der Waals surface area (Å²) < 4.78 is 4.76. The van der Waals surface area contributed by atoms with Gasteiger partial charge in [0.25, 0.3) is 0 Å². The van der Waals surface area contributed by atoms with E-state index < -0.39 is 0 Å². The van der Waals surface area contributed by atoms with Crippen LogP contribution in [0.2, 0.25) is 0 Å². The number of aryl methyl sites for hydroxylation is 1. The molecule has 0 unspecified atom stereocenters. The highest BCUT2D eigenvalue weighted by atomic mass is 32.1. The van der Waals surface area contributed by atoms with Gasteiger partial charge in [0.1, 0.15) is 6.61 Å². The van der Waals surface area contributed by atoms with Crippen molar-refractivity contribution in [2.45, 2.75) is 13.5 Å². The summed E-state index contributed by atoms with van der Waals surface area (Å²) in [6, 6.07) is 7.54. The van der Waals surface area contributed by atoms with Gasteiger partial charge in [0, 0.05) is 23.9 Å². The molecule has 0 atom stereocenters. The number of nitrogens with one attached hydrogen (secondary N) is 2. The number of hydrogen-bond acceptors (Lipinski definition) is 5. The fourth-order valence-electron chi connectivity index (χ4n) is 1.68. The highest BCUT2D eigenvalue weighted by Crippen LogP contribution is 2.15. The highest BCUT2D eigenvalue weighted by molar-refractivity contribution is 7.09. The first-order valence-electron chi connectivity index (χ1n) is 6.21. The van der Waals surface area contributed by atoms with E-state index in [0.717, 1.165) is 22.1 Å². The van der Waals surface area contributed by atoms with Gasteiger partial charge in [-0.15, -0.1) is 11.3 Å². The Balaban J connectivity index is 1.86. The lowest BCUT2D eigenvalue weighted by Crippen LogP contribution is -2.16. The number of aromatic nitrogens is 1. The molecule has 6 heteroatoms. The van der Waals surface area contributed by atoms with Crippen LogP contribution in [0.3, 0.4) is 0 Å². The number of ether oxygens (including phenoxy) is 1. The number of nitrogens with zero attached hydrogens (tertiary/aromatic N) is 1. The number of methoxy groups -OCH3 is 1. The molecule has 0 aliphatic carbocycles. The van der Waals surface area contributed by atoms with Crippen molar-refractivity contribution in [3.63, 3.8) is 0 Å². The van der Waals surface area contributed by atoms with Crippen molar-refractivity contribution in [1.29, 1.82) is 0 Å². The smallest absolute Gasteiger partial charge is 0.250 e. The fraction of sp³-hybridized carbons (Fsp3) is 0.286. The van der Waals surface area contributed by atoms with Crippen LogP contribution in [-0.4, -0.2) is 24.6 Å². The number of carbonyl (C=O) groups excluding carboxylic acids is 1. The molecule has 20 heavy (non-hydrogen) atoms. The lowest BCUT2D eigenvalue weighted by molar-refractivity contribution is -0.119. The minimum atomic E-state index is -0.161. The van der Waals surface area contributed by atoms with Crippen LogP contribution in [0.5, 0.6) is 0 Å². The van der Waals surface area contributed by atoms with Crippen molar-refractivity contribution in [2.24, 2.45) is 0 Å². The number of rotatable bonds is 6. The molecule has 2 N–H and O–H groups in total. The molecule has 0 radical (unpaired) electrons. The first kappa shape index (κ1) is 14.5. The van der Waals surface area contributed by atoms with Crippen molar-refractivity contribution >= 4 is 28.6 Å². The fourth-order valence-corrected chi connectivity index (χ4v) is 2.29. The zero-order valence-corrected chi connectivity index (χ0v) is 12.3. The topological polar surface area (TPSA) is 63.2 Å². The zero-order valence-electron chi connectivity index (χ0n) is 11.5. The summed E-state index contributed by atoms with van der Waals surface area (Å²) in [5, 5.41) is 9.14. The molecule has 1 aromatic heterocycles. The maximum absolute atomic E-state index is 11.4. The van der Waals surface area contributed by atoms with Gasteiger partial charge >= 0.3 is 0 Å². The molecule has 1 amide bonds. The van der Waals surface area contributed by atoms with Gasteiger partial charge < -0.3 is 15.4 Å². The van der Waals surface area contributed by atoms with Gasteiger partial charge in [-0.2, -0.15) is 0 Å². The molecule has 2 rings (SSSR count). The average Bonchev–Trinajstić information content (AvgIpc) is 2.84. The number of anilines is 2. The molecule has 1 heterocycles. The molecule has 0 spiro atoms. The Labute approximate surface area is 122 Å². The van der Waals surface area contributed by atoms with E-state index in [0.29, 0.717) is 6.54 Å². The molecule has 5 nitrogen and oxygen atoms in total. The standard InChI is InChI=1S/C14H17N3O2S/c1-10-16-13(9-20-10)7-15-11-3-5-12(6-4-11)17-14(18)8-19-2/h3-6,9,15H,7-8H2,1-2H3,(H,17,18). The van der Waals surface area contributed by atoms with E-state index in [1.54, 1.807) is 11.3 Å². The third-order valence-corrected chi connectivity index (χ3v) is 3.41. The number of carbonyl (C=O) groups is 1. The third kappa shape index (κ3) is 4.32. The monoisotopic (exact) mass is 291 g/mol. The van der Waals surface area contributed by atoms with E-state index in [1.807, 2.05) is 36.6 Å². The summed E-state index contributed by atoms with van der Waals surface area (Å²) in [6.07, 6.45) is 0. The summed E-state index contributed by atoms with van der Waals surface area (Å²) in [5.74, 6) is -0.161. The van der Waals surface area contributed by atoms with E-state index >= 15 is 0 Å².